The highest BCUT2D eigenvalue weighted by Crippen LogP contribution is 2.42. The largest absolute Gasteiger partial charge is 0.352 e. The first kappa shape index (κ1) is 9.04. The molecule has 0 radical (unpaired) electrons. The van der Waals surface area contributed by atoms with E-state index in [4.69, 9.17) is 0 Å². The van der Waals surface area contributed by atoms with E-state index in [0.29, 0.717) is 17.9 Å². The number of piperidine rings is 1. The maximum Gasteiger partial charge on any atom is 0.224 e. The van der Waals surface area contributed by atoms with Crippen LogP contribution in [0.2, 0.25) is 0 Å². The number of fused-ring (bicyclic) bond motifs is 1. The van der Waals surface area contributed by atoms with Gasteiger partial charge in [0.25, 0.3) is 0 Å². The lowest BCUT2D eigenvalue weighted by molar-refractivity contribution is -0.124. The number of carbonyl (C=O) groups is 1. The number of nitrogens with one attached hydrogen (secondary N) is 2. The number of rotatable bonds is 2. The van der Waals surface area contributed by atoms with Crippen molar-refractivity contribution in [3.63, 3.8) is 0 Å². The molecule has 0 aromatic rings. The second-order valence-electron chi connectivity index (χ2n) is 4.58. The van der Waals surface area contributed by atoms with Crippen LogP contribution in [0.5, 0.6) is 0 Å². The molecule has 2 heterocycles. The van der Waals surface area contributed by atoms with E-state index in [0.717, 1.165) is 42.9 Å². The van der Waals surface area contributed by atoms with E-state index in [9.17, 15) is 4.79 Å². The highest BCUT2D eigenvalue weighted by Gasteiger charge is 2.53. The minimum Gasteiger partial charge on any atom is -0.352 e. The highest BCUT2D eigenvalue weighted by atomic mass is 32.2. The van der Waals surface area contributed by atoms with Crippen molar-refractivity contribution in [1.29, 1.82) is 0 Å². The lowest BCUT2D eigenvalue weighted by Crippen LogP contribution is -2.36. The van der Waals surface area contributed by atoms with Crippen LogP contribution in [0.1, 0.15) is 6.42 Å². The van der Waals surface area contributed by atoms with Crippen molar-refractivity contribution < 1.29 is 4.79 Å². The summed E-state index contributed by atoms with van der Waals surface area (Å²) in [4.78, 5) is 11.8. The lowest BCUT2D eigenvalue weighted by atomic mass is 10.1. The van der Waals surface area contributed by atoms with Gasteiger partial charge < -0.3 is 10.6 Å². The molecule has 1 aliphatic carbocycles. The fourth-order valence-corrected chi connectivity index (χ4v) is 3.88. The Morgan fingerprint density at radius 3 is 2.79 bits per heavy atom. The molecule has 2 N–H and O–H groups in total. The van der Waals surface area contributed by atoms with Crippen LogP contribution in [0.25, 0.3) is 0 Å². The lowest BCUT2D eigenvalue weighted by Gasteiger charge is -2.11. The number of amides is 1. The highest BCUT2D eigenvalue weighted by molar-refractivity contribution is 7.99. The third kappa shape index (κ3) is 1.44. The third-order valence-corrected chi connectivity index (χ3v) is 4.86. The molecule has 0 spiro atoms. The Hall–Kier alpha value is -0.220. The molecule has 14 heavy (non-hydrogen) atoms. The fraction of sp³-hybridized carbons (Fsp3) is 0.900. The van der Waals surface area contributed by atoms with Crippen molar-refractivity contribution in [2.45, 2.75) is 12.5 Å². The summed E-state index contributed by atoms with van der Waals surface area (Å²) in [6.07, 6.45) is 1.08. The predicted molar refractivity (Wildman–Crippen MR) is 57.2 cm³/mol. The number of carbonyl (C=O) groups excluding carboxylic acids is 1. The van der Waals surface area contributed by atoms with Gasteiger partial charge in [-0.1, -0.05) is 0 Å². The summed E-state index contributed by atoms with van der Waals surface area (Å²) in [7, 11) is 0. The Kier molecular flexibility index (Phi) is 2.21. The molecule has 0 aromatic carbocycles. The van der Waals surface area contributed by atoms with Gasteiger partial charge in [0.2, 0.25) is 5.91 Å². The van der Waals surface area contributed by atoms with E-state index < -0.39 is 0 Å². The SMILES string of the molecule is O=C(NC1C2CNCC21)C1CCSC1. The van der Waals surface area contributed by atoms with Crippen molar-refractivity contribution in [2.75, 3.05) is 24.6 Å². The van der Waals surface area contributed by atoms with Crippen LogP contribution in [-0.4, -0.2) is 36.5 Å². The molecule has 3 unspecified atom stereocenters. The average molecular weight is 212 g/mol. The van der Waals surface area contributed by atoms with Gasteiger partial charge in [0.05, 0.1) is 0 Å². The molecule has 3 atom stereocenters. The second-order valence-corrected chi connectivity index (χ2v) is 5.73. The van der Waals surface area contributed by atoms with E-state index in [2.05, 4.69) is 10.6 Å². The monoisotopic (exact) mass is 212 g/mol. The Morgan fingerprint density at radius 1 is 1.36 bits per heavy atom. The average Bonchev–Trinajstić information content (AvgIpc) is 2.75. The molecule has 3 nitrogen and oxygen atoms in total. The van der Waals surface area contributed by atoms with Gasteiger partial charge in [-0.25, -0.2) is 0 Å². The van der Waals surface area contributed by atoms with Gasteiger partial charge in [0, 0.05) is 30.8 Å². The molecule has 0 bridgehead atoms. The van der Waals surface area contributed by atoms with Gasteiger partial charge in [-0.05, 0) is 24.0 Å². The van der Waals surface area contributed by atoms with Crippen molar-refractivity contribution >= 4 is 17.7 Å². The van der Waals surface area contributed by atoms with Gasteiger partial charge in [0.15, 0.2) is 0 Å². The van der Waals surface area contributed by atoms with Crippen LogP contribution in [0.3, 0.4) is 0 Å². The first-order valence-electron chi connectivity index (χ1n) is 5.45. The molecule has 4 heteroatoms. The summed E-state index contributed by atoms with van der Waals surface area (Å²) in [5.41, 5.74) is 0. The first-order valence-corrected chi connectivity index (χ1v) is 6.60. The zero-order valence-electron chi connectivity index (χ0n) is 8.16. The van der Waals surface area contributed by atoms with Crippen LogP contribution in [0.4, 0.5) is 0 Å². The van der Waals surface area contributed by atoms with Crippen molar-refractivity contribution in [1.82, 2.24) is 10.6 Å². The number of hydrogen-bond acceptors (Lipinski definition) is 3. The number of thioether (sulfide) groups is 1. The van der Waals surface area contributed by atoms with E-state index in [1.165, 1.54) is 0 Å². The third-order valence-electron chi connectivity index (χ3n) is 3.70. The molecular weight excluding hydrogens is 196 g/mol. The standard InChI is InChI=1S/C10H16N2OS/c13-10(6-1-2-14-5-6)12-9-7-3-11-4-8(7)9/h6-9,11H,1-5H2,(H,12,13). The summed E-state index contributed by atoms with van der Waals surface area (Å²) >= 11 is 1.91. The summed E-state index contributed by atoms with van der Waals surface area (Å²) < 4.78 is 0. The van der Waals surface area contributed by atoms with E-state index in [1.807, 2.05) is 11.8 Å². The zero-order valence-corrected chi connectivity index (χ0v) is 8.98. The minimum absolute atomic E-state index is 0.300. The Balaban J connectivity index is 1.50. The fourth-order valence-electron chi connectivity index (χ4n) is 2.66. The molecule has 3 aliphatic rings. The second kappa shape index (κ2) is 3.42. The minimum atomic E-state index is 0.300. The van der Waals surface area contributed by atoms with E-state index >= 15 is 0 Å². The molecule has 2 aliphatic heterocycles. The van der Waals surface area contributed by atoms with Gasteiger partial charge in [-0.3, -0.25) is 4.79 Å². The normalized spacial score (nSPS) is 44.9. The van der Waals surface area contributed by atoms with E-state index in [-0.39, 0.29) is 0 Å². The molecule has 1 saturated carbocycles. The topological polar surface area (TPSA) is 41.1 Å². The van der Waals surface area contributed by atoms with Gasteiger partial charge >= 0.3 is 0 Å². The van der Waals surface area contributed by atoms with Crippen LogP contribution < -0.4 is 10.6 Å². The molecule has 1 amide bonds. The van der Waals surface area contributed by atoms with Crippen LogP contribution in [0.15, 0.2) is 0 Å². The Labute approximate surface area is 88.4 Å². The summed E-state index contributed by atoms with van der Waals surface area (Å²) in [5.74, 6) is 4.30. The summed E-state index contributed by atoms with van der Waals surface area (Å²) in [6, 6.07) is 0.509. The predicted octanol–water partition coefficient (Wildman–Crippen LogP) is 0.0735. The summed E-state index contributed by atoms with van der Waals surface area (Å²) in [5, 5.41) is 6.54. The first-order chi connectivity index (χ1) is 6.86. The van der Waals surface area contributed by atoms with E-state index in [1.54, 1.807) is 0 Å². The van der Waals surface area contributed by atoms with Crippen LogP contribution in [-0.2, 0) is 4.79 Å². The molecule has 2 saturated heterocycles. The molecule has 0 aromatic heterocycles. The van der Waals surface area contributed by atoms with Crippen LogP contribution in [0, 0.1) is 17.8 Å². The van der Waals surface area contributed by atoms with Crippen LogP contribution >= 0.6 is 11.8 Å². The Morgan fingerprint density at radius 2 is 2.14 bits per heavy atom. The smallest absolute Gasteiger partial charge is 0.224 e. The molecule has 78 valence electrons. The van der Waals surface area contributed by atoms with Crippen molar-refractivity contribution in [2.24, 2.45) is 17.8 Å². The quantitative estimate of drug-likeness (QED) is 0.681. The maximum atomic E-state index is 11.8. The maximum absolute atomic E-state index is 11.8. The van der Waals surface area contributed by atoms with Crippen molar-refractivity contribution in [3.05, 3.63) is 0 Å². The zero-order chi connectivity index (χ0) is 9.54. The molecule has 3 rings (SSSR count). The number of hydrogen-bond donors (Lipinski definition) is 2. The molecule has 3 fully saturated rings. The van der Waals surface area contributed by atoms with Gasteiger partial charge in [-0.2, -0.15) is 11.8 Å². The van der Waals surface area contributed by atoms with Crippen molar-refractivity contribution in [3.8, 4) is 0 Å². The Bertz CT molecular complexity index is 243. The van der Waals surface area contributed by atoms with Gasteiger partial charge in [-0.15, -0.1) is 0 Å². The van der Waals surface area contributed by atoms with Gasteiger partial charge in [0.1, 0.15) is 0 Å². The molecular formula is C10H16N2OS. The summed E-state index contributed by atoms with van der Waals surface area (Å²) in [6.45, 7) is 2.21.